The number of rotatable bonds is 6. The lowest BCUT2D eigenvalue weighted by molar-refractivity contribution is 0.0288. The van der Waals surface area contributed by atoms with Gasteiger partial charge in [-0.3, -0.25) is 0 Å². The van der Waals surface area contributed by atoms with E-state index in [9.17, 15) is 0 Å². The van der Waals surface area contributed by atoms with Crippen LogP contribution in [0.5, 0.6) is 0 Å². The molecule has 86 valence electrons. The molecule has 1 heterocycles. The molecule has 4 nitrogen and oxygen atoms in total. The Kier molecular flexibility index (Phi) is 4.29. The molecule has 0 amide bonds. The fourth-order valence-corrected chi connectivity index (χ4v) is 1.19. The summed E-state index contributed by atoms with van der Waals surface area (Å²) in [6.45, 7) is 5.33. The highest BCUT2D eigenvalue weighted by Gasteiger charge is 2.16. The Morgan fingerprint density at radius 3 is 2.80 bits per heavy atom. The molecule has 0 aliphatic heterocycles. The lowest BCUT2D eigenvalue weighted by atomic mass is 9.97. The summed E-state index contributed by atoms with van der Waals surface area (Å²) in [5.74, 6) is 1.02. The van der Waals surface area contributed by atoms with Gasteiger partial charge in [0.2, 0.25) is 0 Å². The number of ether oxygens (including phenoxy) is 1. The summed E-state index contributed by atoms with van der Waals surface area (Å²) in [5, 5.41) is 9.02. The van der Waals surface area contributed by atoms with Crippen LogP contribution in [0.3, 0.4) is 0 Å². The predicted molar refractivity (Wildman–Crippen MR) is 58.6 cm³/mol. The van der Waals surface area contributed by atoms with Crippen molar-refractivity contribution in [2.24, 2.45) is 12.5 Å². The molecule has 1 aromatic heterocycles. The van der Waals surface area contributed by atoms with Crippen molar-refractivity contribution in [1.82, 2.24) is 9.55 Å². The number of nitrogens with zero attached hydrogens (tertiary/aromatic N) is 2. The Hall–Kier alpha value is -0.870. The van der Waals surface area contributed by atoms with Gasteiger partial charge < -0.3 is 14.4 Å². The van der Waals surface area contributed by atoms with Gasteiger partial charge in [-0.15, -0.1) is 0 Å². The van der Waals surface area contributed by atoms with Crippen LogP contribution in [0.25, 0.3) is 0 Å². The third-order valence-electron chi connectivity index (χ3n) is 2.31. The van der Waals surface area contributed by atoms with E-state index in [1.165, 1.54) is 0 Å². The van der Waals surface area contributed by atoms with Crippen LogP contribution in [0, 0.1) is 5.41 Å². The normalized spacial score (nSPS) is 12.0. The van der Waals surface area contributed by atoms with Crippen LogP contribution >= 0.6 is 0 Å². The first-order valence-corrected chi connectivity index (χ1v) is 5.20. The van der Waals surface area contributed by atoms with E-state index >= 15 is 0 Å². The smallest absolute Gasteiger partial charge is 0.110 e. The van der Waals surface area contributed by atoms with Crippen LogP contribution in [0.15, 0.2) is 12.4 Å². The van der Waals surface area contributed by atoms with Crippen molar-refractivity contribution >= 4 is 0 Å². The molecule has 0 aliphatic carbocycles. The first kappa shape index (κ1) is 12.2. The molecule has 4 heteroatoms. The second kappa shape index (κ2) is 5.28. The molecular weight excluding hydrogens is 192 g/mol. The number of aryl methyl sites for hydroxylation is 1. The molecule has 0 fully saturated rings. The number of aromatic nitrogens is 2. The van der Waals surface area contributed by atoms with Crippen molar-refractivity contribution in [3.8, 4) is 0 Å². The first-order valence-electron chi connectivity index (χ1n) is 5.20. The highest BCUT2D eigenvalue weighted by atomic mass is 16.5. The quantitative estimate of drug-likeness (QED) is 0.716. The summed E-state index contributed by atoms with van der Waals surface area (Å²) in [7, 11) is 1.97. The topological polar surface area (TPSA) is 47.3 Å². The van der Waals surface area contributed by atoms with Crippen molar-refractivity contribution in [3.05, 3.63) is 18.2 Å². The zero-order chi connectivity index (χ0) is 11.3. The van der Waals surface area contributed by atoms with E-state index in [1.807, 2.05) is 31.7 Å². The van der Waals surface area contributed by atoms with Crippen molar-refractivity contribution in [2.75, 3.05) is 19.8 Å². The summed E-state index contributed by atoms with van der Waals surface area (Å²) >= 11 is 0. The van der Waals surface area contributed by atoms with Crippen LogP contribution in [0.4, 0.5) is 0 Å². The fourth-order valence-electron chi connectivity index (χ4n) is 1.19. The summed E-state index contributed by atoms with van der Waals surface area (Å²) in [5.41, 5.74) is -0.151. The van der Waals surface area contributed by atoms with Gasteiger partial charge in [0.15, 0.2) is 0 Å². The van der Waals surface area contributed by atoms with E-state index in [2.05, 4.69) is 4.98 Å². The Labute approximate surface area is 90.9 Å². The molecule has 0 saturated carbocycles. The van der Waals surface area contributed by atoms with Gasteiger partial charge in [0, 0.05) is 31.3 Å². The van der Waals surface area contributed by atoms with Crippen molar-refractivity contribution in [1.29, 1.82) is 0 Å². The number of hydrogen-bond donors (Lipinski definition) is 1. The fraction of sp³-hybridized carbons (Fsp3) is 0.727. The van der Waals surface area contributed by atoms with Gasteiger partial charge >= 0.3 is 0 Å². The van der Waals surface area contributed by atoms with Crippen molar-refractivity contribution in [2.45, 2.75) is 20.3 Å². The van der Waals surface area contributed by atoms with Gasteiger partial charge in [-0.05, 0) is 0 Å². The SMILES string of the molecule is Cn1ccnc1CCOCC(C)(C)CO. The van der Waals surface area contributed by atoms with Gasteiger partial charge in [-0.25, -0.2) is 4.98 Å². The molecule has 0 unspecified atom stereocenters. The molecule has 1 rings (SSSR count). The summed E-state index contributed by atoms with van der Waals surface area (Å²) in [4.78, 5) is 4.20. The Balaban J connectivity index is 2.20. The van der Waals surface area contributed by atoms with Crippen LogP contribution < -0.4 is 0 Å². The number of aliphatic hydroxyl groups excluding tert-OH is 1. The van der Waals surface area contributed by atoms with E-state index in [0.29, 0.717) is 13.2 Å². The molecule has 0 atom stereocenters. The summed E-state index contributed by atoms with van der Waals surface area (Å²) in [6.07, 6.45) is 4.52. The lowest BCUT2D eigenvalue weighted by Crippen LogP contribution is -2.24. The monoisotopic (exact) mass is 212 g/mol. The minimum absolute atomic E-state index is 0.148. The molecule has 0 aliphatic rings. The summed E-state index contributed by atoms with van der Waals surface area (Å²) in [6, 6.07) is 0. The van der Waals surface area contributed by atoms with Gasteiger partial charge in [0.25, 0.3) is 0 Å². The molecule has 0 spiro atoms. The van der Waals surface area contributed by atoms with Gasteiger partial charge in [0.05, 0.1) is 19.8 Å². The standard InChI is InChI=1S/C11H20N2O2/c1-11(2,8-14)9-15-7-4-10-12-5-6-13(10)3/h5-6,14H,4,7-9H2,1-3H3. The molecule has 0 saturated heterocycles. The van der Waals surface area contributed by atoms with Crippen molar-refractivity contribution in [3.63, 3.8) is 0 Å². The molecule has 15 heavy (non-hydrogen) atoms. The van der Waals surface area contributed by atoms with Crippen LogP contribution in [-0.4, -0.2) is 34.5 Å². The number of imidazole rings is 1. The molecule has 0 bridgehead atoms. The van der Waals surface area contributed by atoms with Crippen LogP contribution in [0.1, 0.15) is 19.7 Å². The second-order valence-corrected chi connectivity index (χ2v) is 4.58. The van der Waals surface area contributed by atoms with Crippen molar-refractivity contribution < 1.29 is 9.84 Å². The zero-order valence-corrected chi connectivity index (χ0v) is 9.73. The largest absolute Gasteiger partial charge is 0.396 e. The van der Waals surface area contributed by atoms with Crippen LogP contribution in [-0.2, 0) is 18.2 Å². The maximum absolute atomic E-state index is 9.02. The third-order valence-corrected chi connectivity index (χ3v) is 2.31. The highest BCUT2D eigenvalue weighted by Crippen LogP contribution is 2.13. The number of aliphatic hydroxyl groups is 1. The highest BCUT2D eigenvalue weighted by molar-refractivity contribution is 4.90. The van der Waals surface area contributed by atoms with E-state index in [-0.39, 0.29) is 12.0 Å². The predicted octanol–water partition coefficient (Wildman–Crippen LogP) is 0.998. The van der Waals surface area contributed by atoms with E-state index in [1.54, 1.807) is 6.20 Å². The van der Waals surface area contributed by atoms with Gasteiger partial charge in [-0.1, -0.05) is 13.8 Å². The lowest BCUT2D eigenvalue weighted by Gasteiger charge is -2.21. The molecule has 1 N–H and O–H groups in total. The molecule has 1 aromatic rings. The second-order valence-electron chi connectivity index (χ2n) is 4.58. The minimum Gasteiger partial charge on any atom is -0.396 e. The Morgan fingerprint density at radius 1 is 1.53 bits per heavy atom. The zero-order valence-electron chi connectivity index (χ0n) is 9.73. The molecular formula is C11H20N2O2. The number of hydrogen-bond acceptors (Lipinski definition) is 3. The Morgan fingerprint density at radius 2 is 2.27 bits per heavy atom. The average molecular weight is 212 g/mol. The van der Waals surface area contributed by atoms with E-state index in [0.717, 1.165) is 12.2 Å². The molecule has 0 aromatic carbocycles. The minimum atomic E-state index is -0.151. The molecule has 0 radical (unpaired) electrons. The van der Waals surface area contributed by atoms with Gasteiger partial charge in [0.1, 0.15) is 5.82 Å². The third kappa shape index (κ3) is 4.01. The van der Waals surface area contributed by atoms with Gasteiger partial charge in [-0.2, -0.15) is 0 Å². The van der Waals surface area contributed by atoms with E-state index < -0.39 is 0 Å². The Bertz CT molecular complexity index is 295. The summed E-state index contributed by atoms with van der Waals surface area (Å²) < 4.78 is 7.49. The maximum atomic E-state index is 9.02. The van der Waals surface area contributed by atoms with Crippen LogP contribution in [0.2, 0.25) is 0 Å². The van der Waals surface area contributed by atoms with E-state index in [4.69, 9.17) is 9.84 Å². The maximum Gasteiger partial charge on any atom is 0.110 e. The average Bonchev–Trinajstić information content (AvgIpc) is 2.59. The first-order chi connectivity index (χ1) is 7.05.